The van der Waals surface area contributed by atoms with Gasteiger partial charge in [-0.1, -0.05) is 6.07 Å². The SMILES string of the molecule is CNC(Cc1sccc1Br)c1ccc(F)c(F)c1F. The maximum absolute atomic E-state index is 13.8. The van der Waals surface area contributed by atoms with E-state index < -0.39 is 23.5 Å². The quantitative estimate of drug-likeness (QED) is 0.805. The van der Waals surface area contributed by atoms with Crippen molar-refractivity contribution in [2.24, 2.45) is 0 Å². The van der Waals surface area contributed by atoms with E-state index in [4.69, 9.17) is 0 Å². The third kappa shape index (κ3) is 3.01. The van der Waals surface area contributed by atoms with Crippen molar-refractivity contribution in [2.75, 3.05) is 7.05 Å². The molecule has 19 heavy (non-hydrogen) atoms. The molecule has 6 heteroatoms. The summed E-state index contributed by atoms with van der Waals surface area (Å²) in [5, 5.41) is 4.84. The first-order chi connectivity index (χ1) is 9.04. The van der Waals surface area contributed by atoms with E-state index in [1.807, 2.05) is 11.4 Å². The number of rotatable bonds is 4. The number of halogens is 4. The summed E-state index contributed by atoms with van der Waals surface area (Å²) in [6.07, 6.45) is 0.497. The van der Waals surface area contributed by atoms with Crippen molar-refractivity contribution in [2.45, 2.75) is 12.5 Å². The Labute approximate surface area is 121 Å². The molecule has 0 aliphatic rings. The molecule has 0 saturated heterocycles. The average Bonchev–Trinajstić information content (AvgIpc) is 2.80. The van der Waals surface area contributed by atoms with Crippen molar-refractivity contribution in [1.82, 2.24) is 5.32 Å². The van der Waals surface area contributed by atoms with Gasteiger partial charge in [0.1, 0.15) is 0 Å². The van der Waals surface area contributed by atoms with Crippen LogP contribution in [-0.4, -0.2) is 7.05 Å². The standard InChI is InChI=1S/C13H11BrF3NS/c1-18-10(6-11-8(14)4-5-19-11)7-2-3-9(15)13(17)12(7)16/h2-5,10,18H,6H2,1H3. The molecule has 0 fully saturated rings. The summed E-state index contributed by atoms with van der Waals surface area (Å²) in [7, 11) is 1.66. The predicted octanol–water partition coefficient (Wildman–Crippen LogP) is 4.43. The molecular weight excluding hydrogens is 339 g/mol. The second kappa shape index (κ2) is 6.07. The molecule has 102 valence electrons. The van der Waals surface area contributed by atoms with Crippen molar-refractivity contribution in [3.8, 4) is 0 Å². The minimum atomic E-state index is -1.43. The van der Waals surface area contributed by atoms with Gasteiger partial charge in [-0.05, 0) is 40.5 Å². The Balaban J connectivity index is 2.33. The van der Waals surface area contributed by atoms with E-state index in [1.54, 1.807) is 7.05 Å². The summed E-state index contributed by atoms with van der Waals surface area (Å²) in [6.45, 7) is 0. The lowest BCUT2D eigenvalue weighted by molar-refractivity contribution is 0.429. The molecular formula is C13H11BrF3NS. The van der Waals surface area contributed by atoms with Crippen LogP contribution in [0.4, 0.5) is 13.2 Å². The lowest BCUT2D eigenvalue weighted by atomic mass is 10.0. The topological polar surface area (TPSA) is 12.0 Å². The smallest absolute Gasteiger partial charge is 0.194 e. The van der Waals surface area contributed by atoms with Crippen LogP contribution < -0.4 is 5.32 Å². The molecule has 0 saturated carbocycles. The van der Waals surface area contributed by atoms with Crippen molar-refractivity contribution >= 4 is 27.3 Å². The molecule has 2 rings (SSSR count). The number of hydrogen-bond acceptors (Lipinski definition) is 2. The van der Waals surface area contributed by atoms with E-state index in [1.165, 1.54) is 17.4 Å². The fraction of sp³-hybridized carbons (Fsp3) is 0.231. The molecule has 2 aromatic rings. The number of hydrogen-bond donors (Lipinski definition) is 1. The normalized spacial score (nSPS) is 12.7. The van der Waals surface area contributed by atoms with Crippen LogP contribution in [0.1, 0.15) is 16.5 Å². The summed E-state index contributed by atoms with van der Waals surface area (Å²) in [5.41, 5.74) is 0.127. The monoisotopic (exact) mass is 349 g/mol. The van der Waals surface area contributed by atoms with Crippen molar-refractivity contribution < 1.29 is 13.2 Å². The highest BCUT2D eigenvalue weighted by Gasteiger charge is 2.21. The van der Waals surface area contributed by atoms with Crippen LogP contribution in [0.25, 0.3) is 0 Å². The molecule has 0 radical (unpaired) electrons. The minimum Gasteiger partial charge on any atom is -0.313 e. The molecule has 0 spiro atoms. The highest BCUT2D eigenvalue weighted by molar-refractivity contribution is 9.10. The number of benzene rings is 1. The molecule has 0 amide bonds. The van der Waals surface area contributed by atoms with E-state index in [9.17, 15) is 13.2 Å². The zero-order valence-corrected chi connectivity index (χ0v) is 12.4. The molecule has 1 unspecified atom stereocenters. The van der Waals surface area contributed by atoms with Crippen LogP contribution in [0.3, 0.4) is 0 Å². The van der Waals surface area contributed by atoms with Gasteiger partial charge >= 0.3 is 0 Å². The fourth-order valence-corrected chi connectivity index (χ4v) is 3.39. The molecule has 1 atom stereocenters. The van der Waals surface area contributed by atoms with Crippen molar-refractivity contribution in [1.29, 1.82) is 0 Å². The summed E-state index contributed by atoms with van der Waals surface area (Å²) < 4.78 is 40.9. The van der Waals surface area contributed by atoms with Gasteiger partial charge in [0.25, 0.3) is 0 Å². The van der Waals surface area contributed by atoms with Crippen LogP contribution in [0, 0.1) is 17.5 Å². The maximum Gasteiger partial charge on any atom is 0.194 e. The van der Waals surface area contributed by atoms with Gasteiger partial charge in [-0.2, -0.15) is 0 Å². The molecule has 0 bridgehead atoms. The molecule has 1 aromatic carbocycles. The van der Waals surface area contributed by atoms with Gasteiger partial charge in [-0.25, -0.2) is 13.2 Å². The Morgan fingerprint density at radius 3 is 2.53 bits per heavy atom. The van der Waals surface area contributed by atoms with E-state index >= 15 is 0 Å². The third-order valence-corrected chi connectivity index (χ3v) is 4.82. The summed E-state index contributed by atoms with van der Waals surface area (Å²) >= 11 is 4.92. The molecule has 1 nitrogen and oxygen atoms in total. The van der Waals surface area contributed by atoms with E-state index in [0.717, 1.165) is 15.4 Å². The fourth-order valence-electron chi connectivity index (χ4n) is 1.83. The van der Waals surface area contributed by atoms with Crippen LogP contribution in [0.5, 0.6) is 0 Å². The van der Waals surface area contributed by atoms with Crippen molar-refractivity contribution in [3.63, 3.8) is 0 Å². The summed E-state index contributed by atoms with van der Waals surface area (Å²) in [5.74, 6) is -3.73. The van der Waals surface area contributed by atoms with Gasteiger partial charge in [0.2, 0.25) is 0 Å². The first-order valence-electron chi connectivity index (χ1n) is 5.57. The third-order valence-electron chi connectivity index (χ3n) is 2.87. The van der Waals surface area contributed by atoms with Gasteiger partial charge < -0.3 is 5.32 Å². The van der Waals surface area contributed by atoms with E-state index in [2.05, 4.69) is 21.2 Å². The van der Waals surface area contributed by atoms with E-state index in [-0.39, 0.29) is 5.56 Å². The Kier molecular flexibility index (Phi) is 4.65. The summed E-state index contributed by atoms with van der Waals surface area (Å²) in [4.78, 5) is 1.02. The predicted molar refractivity (Wildman–Crippen MR) is 73.8 cm³/mol. The first-order valence-corrected chi connectivity index (χ1v) is 7.24. The Morgan fingerprint density at radius 2 is 1.95 bits per heavy atom. The van der Waals surface area contributed by atoms with Gasteiger partial charge in [-0.3, -0.25) is 0 Å². The Hall–Kier alpha value is -0.850. The number of nitrogens with one attached hydrogen (secondary N) is 1. The largest absolute Gasteiger partial charge is 0.313 e. The molecule has 1 N–H and O–H groups in total. The lowest BCUT2D eigenvalue weighted by Gasteiger charge is -2.17. The first kappa shape index (κ1) is 14.6. The maximum atomic E-state index is 13.8. The molecule has 0 aliphatic heterocycles. The number of thiophene rings is 1. The average molecular weight is 350 g/mol. The van der Waals surface area contributed by atoms with E-state index in [0.29, 0.717) is 6.42 Å². The van der Waals surface area contributed by atoms with Crippen LogP contribution in [0.2, 0.25) is 0 Å². The Bertz CT molecular complexity index is 585. The Morgan fingerprint density at radius 1 is 1.21 bits per heavy atom. The minimum absolute atomic E-state index is 0.127. The zero-order valence-electron chi connectivity index (χ0n) is 10.0. The molecule has 0 aliphatic carbocycles. The lowest BCUT2D eigenvalue weighted by Crippen LogP contribution is -2.20. The van der Waals surface area contributed by atoms with Gasteiger partial charge in [0, 0.05) is 27.4 Å². The summed E-state index contributed by atoms with van der Waals surface area (Å²) in [6, 6.07) is 3.71. The van der Waals surface area contributed by atoms with Gasteiger partial charge in [0.15, 0.2) is 17.5 Å². The van der Waals surface area contributed by atoms with Gasteiger partial charge in [0.05, 0.1) is 0 Å². The van der Waals surface area contributed by atoms with Gasteiger partial charge in [-0.15, -0.1) is 11.3 Å². The molecule has 1 heterocycles. The van der Waals surface area contributed by atoms with Crippen LogP contribution in [0.15, 0.2) is 28.1 Å². The van der Waals surface area contributed by atoms with Crippen LogP contribution >= 0.6 is 27.3 Å². The van der Waals surface area contributed by atoms with Crippen LogP contribution in [-0.2, 0) is 6.42 Å². The highest BCUT2D eigenvalue weighted by atomic mass is 79.9. The second-order valence-electron chi connectivity index (χ2n) is 4.00. The molecule has 1 aromatic heterocycles. The second-order valence-corrected chi connectivity index (χ2v) is 5.86. The van der Waals surface area contributed by atoms with Crippen molar-refractivity contribution in [3.05, 3.63) is 55.9 Å². The number of likely N-dealkylation sites (N-methyl/N-ethyl adjacent to an activating group) is 1. The zero-order chi connectivity index (χ0) is 14.0. The highest BCUT2D eigenvalue weighted by Crippen LogP contribution is 2.30.